The zero-order valence-electron chi connectivity index (χ0n) is 16.5. The molecule has 0 bridgehead atoms. The van der Waals surface area contributed by atoms with Gasteiger partial charge in [-0.05, 0) is 30.9 Å². The average molecular weight is 426 g/mol. The second kappa shape index (κ2) is 8.58. The van der Waals surface area contributed by atoms with Gasteiger partial charge in [0.1, 0.15) is 19.3 Å². The lowest BCUT2D eigenvalue weighted by Gasteiger charge is -2.31. The first-order chi connectivity index (χ1) is 13.7. The molecule has 0 aromatic heterocycles. The maximum Gasteiger partial charge on any atom is 0.326 e. The summed E-state index contributed by atoms with van der Waals surface area (Å²) in [4.78, 5) is 23.8. The lowest BCUT2D eigenvalue weighted by atomic mass is 9.95. The molecule has 10 heteroatoms. The van der Waals surface area contributed by atoms with Crippen LogP contribution in [0.3, 0.4) is 0 Å². The van der Waals surface area contributed by atoms with Crippen molar-refractivity contribution in [2.45, 2.75) is 37.6 Å². The van der Waals surface area contributed by atoms with E-state index in [2.05, 4.69) is 5.32 Å². The number of sulfonamides is 1. The molecule has 1 aromatic carbocycles. The molecule has 0 radical (unpaired) electrons. The summed E-state index contributed by atoms with van der Waals surface area (Å²) >= 11 is 0. The third-order valence-corrected chi connectivity index (χ3v) is 7.10. The van der Waals surface area contributed by atoms with Gasteiger partial charge < -0.3 is 19.9 Å². The maximum absolute atomic E-state index is 13.0. The number of carboxylic acid groups (broad SMARTS) is 1. The van der Waals surface area contributed by atoms with Crippen LogP contribution in [-0.4, -0.2) is 62.1 Å². The van der Waals surface area contributed by atoms with Gasteiger partial charge in [0.15, 0.2) is 11.5 Å². The molecule has 29 heavy (non-hydrogen) atoms. The highest BCUT2D eigenvalue weighted by molar-refractivity contribution is 7.89. The number of hydrogen-bond acceptors (Lipinski definition) is 6. The number of carboxylic acids is 1. The third-order valence-electron chi connectivity index (χ3n) is 5.21. The van der Waals surface area contributed by atoms with E-state index in [0.29, 0.717) is 37.6 Å². The number of rotatable bonds is 6. The van der Waals surface area contributed by atoms with E-state index in [1.165, 1.54) is 16.4 Å². The Morgan fingerprint density at radius 1 is 1.14 bits per heavy atom. The van der Waals surface area contributed by atoms with Crippen LogP contribution in [0.5, 0.6) is 11.5 Å². The molecule has 1 aromatic rings. The van der Waals surface area contributed by atoms with Gasteiger partial charge in [0.25, 0.3) is 0 Å². The topological polar surface area (TPSA) is 122 Å². The van der Waals surface area contributed by atoms with Gasteiger partial charge in [-0.2, -0.15) is 4.31 Å². The van der Waals surface area contributed by atoms with Gasteiger partial charge in [0, 0.05) is 25.1 Å². The van der Waals surface area contributed by atoms with E-state index in [1.54, 1.807) is 19.9 Å². The van der Waals surface area contributed by atoms with E-state index >= 15 is 0 Å². The fourth-order valence-corrected chi connectivity index (χ4v) is 4.96. The Bertz CT molecular complexity index is 877. The number of nitrogens with zero attached hydrogens (tertiary/aromatic N) is 1. The van der Waals surface area contributed by atoms with E-state index in [1.807, 2.05) is 0 Å². The number of nitrogens with one attached hydrogen (secondary N) is 1. The smallest absolute Gasteiger partial charge is 0.326 e. The van der Waals surface area contributed by atoms with Crippen molar-refractivity contribution in [1.29, 1.82) is 0 Å². The second-order valence-corrected chi connectivity index (χ2v) is 9.49. The minimum atomic E-state index is -3.72. The highest BCUT2D eigenvalue weighted by Gasteiger charge is 2.34. The van der Waals surface area contributed by atoms with Gasteiger partial charge in [-0.3, -0.25) is 4.79 Å². The maximum atomic E-state index is 13.0. The van der Waals surface area contributed by atoms with Crippen LogP contribution in [0.15, 0.2) is 23.1 Å². The van der Waals surface area contributed by atoms with E-state index in [9.17, 15) is 23.1 Å². The van der Waals surface area contributed by atoms with Gasteiger partial charge in [-0.25, -0.2) is 13.2 Å². The number of amides is 1. The molecule has 1 fully saturated rings. The fraction of sp³-hybridized carbons (Fsp3) is 0.579. The number of benzene rings is 1. The third kappa shape index (κ3) is 4.64. The van der Waals surface area contributed by atoms with Crippen molar-refractivity contribution >= 4 is 21.9 Å². The zero-order chi connectivity index (χ0) is 21.2. The molecule has 0 saturated carbocycles. The van der Waals surface area contributed by atoms with Crippen molar-refractivity contribution in [1.82, 2.24) is 9.62 Å². The summed E-state index contributed by atoms with van der Waals surface area (Å²) in [5, 5.41) is 11.8. The highest BCUT2D eigenvalue weighted by atomic mass is 32.2. The van der Waals surface area contributed by atoms with Gasteiger partial charge in [-0.1, -0.05) is 13.8 Å². The Morgan fingerprint density at radius 2 is 1.76 bits per heavy atom. The van der Waals surface area contributed by atoms with E-state index in [4.69, 9.17) is 9.47 Å². The summed E-state index contributed by atoms with van der Waals surface area (Å²) in [7, 11) is -3.72. The highest BCUT2D eigenvalue weighted by Crippen LogP contribution is 2.34. The van der Waals surface area contributed by atoms with Crippen LogP contribution < -0.4 is 14.8 Å². The standard InChI is InChI=1S/C19H26N2O7S/c1-12(2)17(19(23)24)20-18(22)13-5-7-21(8-6-13)29(25,26)14-3-4-15-16(11-14)28-10-9-27-15/h3-4,11-13,17H,5-10H2,1-2H3,(H,20,22)(H,23,24). The van der Waals surface area contributed by atoms with Crippen LogP contribution in [0.4, 0.5) is 0 Å². The predicted molar refractivity (Wildman–Crippen MR) is 103 cm³/mol. The fourth-order valence-electron chi connectivity index (χ4n) is 3.48. The number of fused-ring (bicyclic) bond motifs is 1. The molecular formula is C19H26N2O7S. The van der Waals surface area contributed by atoms with Crippen LogP contribution in [0.25, 0.3) is 0 Å². The first kappa shape index (κ1) is 21.4. The largest absolute Gasteiger partial charge is 0.486 e. The number of piperidine rings is 1. The van der Waals surface area contributed by atoms with Crippen molar-refractivity contribution in [3.8, 4) is 11.5 Å². The second-order valence-electron chi connectivity index (χ2n) is 7.55. The minimum absolute atomic E-state index is 0.121. The van der Waals surface area contributed by atoms with Crippen molar-refractivity contribution in [2.24, 2.45) is 11.8 Å². The molecule has 0 aliphatic carbocycles. The van der Waals surface area contributed by atoms with Crippen LogP contribution in [0, 0.1) is 11.8 Å². The summed E-state index contributed by atoms with van der Waals surface area (Å²) in [6.45, 7) is 4.62. The normalized spacial score (nSPS) is 19.0. The lowest BCUT2D eigenvalue weighted by molar-refractivity contribution is -0.144. The van der Waals surface area contributed by atoms with Crippen molar-refractivity contribution < 1.29 is 32.6 Å². The number of hydrogen-bond donors (Lipinski definition) is 2. The quantitative estimate of drug-likeness (QED) is 0.698. The molecule has 1 amide bonds. The summed E-state index contributed by atoms with van der Waals surface area (Å²) in [6.07, 6.45) is 0.667. The number of carbonyl (C=O) groups excluding carboxylic acids is 1. The first-order valence-corrected chi connectivity index (χ1v) is 11.1. The monoisotopic (exact) mass is 426 g/mol. The molecule has 2 heterocycles. The molecule has 2 N–H and O–H groups in total. The SMILES string of the molecule is CC(C)C(NC(=O)C1CCN(S(=O)(=O)c2ccc3c(c2)OCCO3)CC1)C(=O)O. The molecule has 1 atom stereocenters. The van der Waals surface area contributed by atoms with Crippen LogP contribution in [-0.2, 0) is 19.6 Å². The van der Waals surface area contributed by atoms with Gasteiger partial charge >= 0.3 is 5.97 Å². The summed E-state index contributed by atoms with van der Waals surface area (Å²) in [5.74, 6) is -1.16. The molecule has 3 rings (SSSR count). The molecule has 1 saturated heterocycles. The molecule has 2 aliphatic rings. The van der Waals surface area contributed by atoms with Crippen molar-refractivity contribution in [3.05, 3.63) is 18.2 Å². The number of carbonyl (C=O) groups is 2. The lowest BCUT2D eigenvalue weighted by Crippen LogP contribution is -2.49. The summed E-state index contributed by atoms with van der Waals surface area (Å²) in [6, 6.07) is 3.58. The molecular weight excluding hydrogens is 400 g/mol. The Balaban J connectivity index is 1.64. The van der Waals surface area contributed by atoms with Crippen LogP contribution in [0.2, 0.25) is 0 Å². The van der Waals surface area contributed by atoms with Gasteiger partial charge in [0.2, 0.25) is 15.9 Å². The molecule has 0 spiro atoms. The molecule has 2 aliphatic heterocycles. The van der Waals surface area contributed by atoms with E-state index in [0.717, 1.165) is 0 Å². The van der Waals surface area contributed by atoms with Crippen LogP contribution >= 0.6 is 0 Å². The Kier molecular flexibility index (Phi) is 6.33. The van der Waals surface area contributed by atoms with E-state index < -0.39 is 28.0 Å². The summed E-state index contributed by atoms with van der Waals surface area (Å²) in [5.41, 5.74) is 0. The van der Waals surface area contributed by atoms with Gasteiger partial charge in [-0.15, -0.1) is 0 Å². The number of ether oxygens (including phenoxy) is 2. The van der Waals surface area contributed by atoms with Crippen molar-refractivity contribution in [3.63, 3.8) is 0 Å². The van der Waals surface area contributed by atoms with E-state index in [-0.39, 0.29) is 29.8 Å². The van der Waals surface area contributed by atoms with Crippen molar-refractivity contribution in [2.75, 3.05) is 26.3 Å². The Hall–Kier alpha value is -2.33. The van der Waals surface area contributed by atoms with Crippen LogP contribution in [0.1, 0.15) is 26.7 Å². The average Bonchev–Trinajstić information content (AvgIpc) is 2.71. The Morgan fingerprint density at radius 3 is 2.34 bits per heavy atom. The zero-order valence-corrected chi connectivity index (χ0v) is 17.3. The minimum Gasteiger partial charge on any atom is -0.486 e. The predicted octanol–water partition coefficient (Wildman–Crippen LogP) is 1.08. The molecule has 160 valence electrons. The number of aliphatic carboxylic acids is 1. The van der Waals surface area contributed by atoms with Gasteiger partial charge in [0.05, 0.1) is 4.90 Å². The first-order valence-electron chi connectivity index (χ1n) is 9.63. The summed E-state index contributed by atoms with van der Waals surface area (Å²) < 4.78 is 38.1. The Labute approximate surface area is 170 Å². The molecule has 9 nitrogen and oxygen atoms in total. The molecule has 1 unspecified atom stereocenters.